The van der Waals surface area contributed by atoms with Crippen molar-refractivity contribution < 1.29 is 8.42 Å². The molecule has 1 aliphatic heterocycles. The third kappa shape index (κ3) is 3.70. The van der Waals surface area contributed by atoms with E-state index in [9.17, 15) is 8.42 Å². The molecule has 0 radical (unpaired) electrons. The van der Waals surface area contributed by atoms with Crippen LogP contribution in [-0.4, -0.2) is 43.3 Å². The molecule has 1 aliphatic rings. The van der Waals surface area contributed by atoms with E-state index in [1.54, 1.807) is 10.4 Å². The highest BCUT2D eigenvalue weighted by Gasteiger charge is 2.35. The first-order chi connectivity index (χ1) is 13.6. The minimum absolute atomic E-state index is 0.0117. The van der Waals surface area contributed by atoms with Crippen molar-refractivity contribution in [2.45, 2.75) is 30.8 Å². The zero-order valence-corrected chi connectivity index (χ0v) is 17.0. The van der Waals surface area contributed by atoms with Gasteiger partial charge in [0.1, 0.15) is 0 Å². The van der Waals surface area contributed by atoms with Gasteiger partial charge in [0.25, 0.3) is 0 Å². The fourth-order valence-corrected chi connectivity index (χ4v) is 6.08. The molecule has 0 bridgehead atoms. The standard InChI is InChI=1S/C23H26N2O2S/c1-2-25(21-15-16-24(18-21)17-19-9-4-3-5-10-19)28(26,27)23-14-8-12-20-11-6-7-13-22(20)23/h3-14,21H,2,15-18H2,1H3. The van der Waals surface area contributed by atoms with Gasteiger partial charge in [-0.2, -0.15) is 4.31 Å². The van der Waals surface area contributed by atoms with Crippen molar-refractivity contribution in [1.29, 1.82) is 0 Å². The van der Waals surface area contributed by atoms with E-state index < -0.39 is 10.0 Å². The van der Waals surface area contributed by atoms with Crippen LogP contribution in [0.3, 0.4) is 0 Å². The molecule has 0 N–H and O–H groups in total. The molecule has 1 unspecified atom stereocenters. The van der Waals surface area contributed by atoms with Crippen LogP contribution in [0, 0.1) is 0 Å². The van der Waals surface area contributed by atoms with Crippen molar-refractivity contribution in [3.63, 3.8) is 0 Å². The zero-order valence-electron chi connectivity index (χ0n) is 16.2. The van der Waals surface area contributed by atoms with Gasteiger partial charge >= 0.3 is 0 Å². The number of fused-ring (bicyclic) bond motifs is 1. The predicted molar refractivity (Wildman–Crippen MR) is 114 cm³/mol. The van der Waals surface area contributed by atoms with E-state index in [2.05, 4.69) is 17.0 Å². The summed E-state index contributed by atoms with van der Waals surface area (Å²) in [6.07, 6.45) is 0.866. The second kappa shape index (κ2) is 8.03. The lowest BCUT2D eigenvalue weighted by Crippen LogP contribution is -2.41. The Morgan fingerprint density at radius 1 is 0.964 bits per heavy atom. The van der Waals surface area contributed by atoms with Gasteiger partial charge in [0, 0.05) is 37.6 Å². The van der Waals surface area contributed by atoms with Gasteiger partial charge in [-0.05, 0) is 23.4 Å². The summed E-state index contributed by atoms with van der Waals surface area (Å²) < 4.78 is 28.8. The SMILES string of the molecule is CCN(C1CCN(Cc2ccccc2)C1)S(=O)(=O)c1cccc2ccccc12. The average Bonchev–Trinajstić information content (AvgIpc) is 3.16. The molecule has 0 saturated carbocycles. The first kappa shape index (κ1) is 19.1. The zero-order chi connectivity index (χ0) is 19.6. The third-order valence-electron chi connectivity index (χ3n) is 5.55. The van der Waals surface area contributed by atoms with Crippen LogP contribution in [0.5, 0.6) is 0 Å². The van der Waals surface area contributed by atoms with Crippen LogP contribution in [0.2, 0.25) is 0 Å². The first-order valence-electron chi connectivity index (χ1n) is 9.85. The summed E-state index contributed by atoms with van der Waals surface area (Å²) in [5.41, 5.74) is 1.27. The lowest BCUT2D eigenvalue weighted by molar-refractivity contribution is 0.286. The molecule has 3 aromatic rings. The molecule has 0 amide bonds. The van der Waals surface area contributed by atoms with E-state index in [4.69, 9.17) is 0 Å². The molecule has 0 aliphatic carbocycles. The lowest BCUT2D eigenvalue weighted by atomic mass is 10.1. The largest absolute Gasteiger partial charge is 0.297 e. The molecule has 1 atom stereocenters. The van der Waals surface area contributed by atoms with Crippen molar-refractivity contribution in [3.05, 3.63) is 78.4 Å². The molecule has 4 nitrogen and oxygen atoms in total. The Bertz CT molecular complexity index is 1050. The van der Waals surface area contributed by atoms with Crippen molar-refractivity contribution in [3.8, 4) is 0 Å². The van der Waals surface area contributed by atoms with Gasteiger partial charge in [0.2, 0.25) is 10.0 Å². The average molecular weight is 395 g/mol. The smallest absolute Gasteiger partial charge is 0.243 e. The van der Waals surface area contributed by atoms with Gasteiger partial charge in [-0.15, -0.1) is 0 Å². The van der Waals surface area contributed by atoms with Crippen molar-refractivity contribution in [1.82, 2.24) is 9.21 Å². The Balaban J connectivity index is 1.58. The highest BCUT2D eigenvalue weighted by atomic mass is 32.2. The van der Waals surface area contributed by atoms with Crippen LogP contribution in [0.15, 0.2) is 77.7 Å². The quantitative estimate of drug-likeness (QED) is 0.631. The molecule has 1 heterocycles. The summed E-state index contributed by atoms with van der Waals surface area (Å²) >= 11 is 0. The van der Waals surface area contributed by atoms with Gasteiger partial charge in [0.15, 0.2) is 0 Å². The number of hydrogen-bond donors (Lipinski definition) is 0. The first-order valence-corrected chi connectivity index (χ1v) is 11.3. The molecule has 3 aromatic carbocycles. The van der Waals surface area contributed by atoms with E-state index in [1.165, 1.54) is 5.56 Å². The number of nitrogens with zero attached hydrogens (tertiary/aromatic N) is 2. The fraction of sp³-hybridized carbons (Fsp3) is 0.304. The summed E-state index contributed by atoms with van der Waals surface area (Å²) in [5.74, 6) is 0. The minimum atomic E-state index is -3.55. The van der Waals surface area contributed by atoms with Crippen LogP contribution in [-0.2, 0) is 16.6 Å². The number of hydrogen-bond acceptors (Lipinski definition) is 3. The van der Waals surface area contributed by atoms with E-state index in [0.29, 0.717) is 11.4 Å². The Kier molecular flexibility index (Phi) is 5.49. The summed E-state index contributed by atoms with van der Waals surface area (Å²) in [4.78, 5) is 2.76. The molecule has 28 heavy (non-hydrogen) atoms. The predicted octanol–water partition coefficient (Wildman–Crippen LogP) is 4.12. The van der Waals surface area contributed by atoms with Crippen LogP contribution in [0.25, 0.3) is 10.8 Å². The molecule has 1 saturated heterocycles. The molecular weight excluding hydrogens is 368 g/mol. The Morgan fingerprint density at radius 3 is 2.46 bits per heavy atom. The van der Waals surface area contributed by atoms with Crippen LogP contribution >= 0.6 is 0 Å². The number of sulfonamides is 1. The van der Waals surface area contributed by atoms with Crippen molar-refractivity contribution >= 4 is 20.8 Å². The number of benzene rings is 3. The second-order valence-corrected chi connectivity index (χ2v) is 9.21. The Morgan fingerprint density at radius 2 is 1.68 bits per heavy atom. The summed E-state index contributed by atoms with van der Waals surface area (Å²) in [6, 6.07) is 23.6. The van der Waals surface area contributed by atoms with Crippen LogP contribution in [0.1, 0.15) is 18.9 Å². The summed E-state index contributed by atoms with van der Waals surface area (Å²) in [6.45, 7) is 4.97. The highest BCUT2D eigenvalue weighted by molar-refractivity contribution is 7.89. The maximum atomic E-state index is 13.5. The monoisotopic (exact) mass is 394 g/mol. The lowest BCUT2D eigenvalue weighted by Gasteiger charge is -2.27. The maximum Gasteiger partial charge on any atom is 0.243 e. The highest BCUT2D eigenvalue weighted by Crippen LogP contribution is 2.29. The van der Waals surface area contributed by atoms with Gasteiger partial charge in [0.05, 0.1) is 4.90 Å². The van der Waals surface area contributed by atoms with Gasteiger partial charge in [-0.3, -0.25) is 4.90 Å². The van der Waals surface area contributed by atoms with Gasteiger partial charge < -0.3 is 0 Å². The van der Waals surface area contributed by atoms with Crippen molar-refractivity contribution in [2.24, 2.45) is 0 Å². The number of likely N-dealkylation sites (N-methyl/N-ethyl adjacent to an activating group) is 1. The molecular formula is C23H26N2O2S. The summed E-state index contributed by atoms with van der Waals surface area (Å²) in [5, 5.41) is 1.75. The molecule has 0 aromatic heterocycles. The fourth-order valence-electron chi connectivity index (χ4n) is 4.20. The van der Waals surface area contributed by atoms with E-state index >= 15 is 0 Å². The van der Waals surface area contributed by atoms with Gasteiger partial charge in [-0.1, -0.05) is 73.7 Å². The van der Waals surface area contributed by atoms with Crippen LogP contribution in [0.4, 0.5) is 0 Å². The summed E-state index contributed by atoms with van der Waals surface area (Å²) in [7, 11) is -3.55. The van der Waals surface area contributed by atoms with Gasteiger partial charge in [-0.25, -0.2) is 8.42 Å². The minimum Gasteiger partial charge on any atom is -0.297 e. The second-order valence-electron chi connectivity index (χ2n) is 7.35. The Labute approximate surface area is 167 Å². The molecule has 146 valence electrons. The van der Waals surface area contributed by atoms with E-state index in [1.807, 2.05) is 61.5 Å². The normalized spacial score (nSPS) is 18.1. The molecule has 0 spiro atoms. The van der Waals surface area contributed by atoms with Crippen molar-refractivity contribution in [2.75, 3.05) is 19.6 Å². The van der Waals surface area contributed by atoms with Crippen LogP contribution < -0.4 is 0 Å². The third-order valence-corrected chi connectivity index (χ3v) is 7.64. The number of likely N-dealkylation sites (tertiary alicyclic amines) is 1. The van der Waals surface area contributed by atoms with E-state index in [-0.39, 0.29) is 6.04 Å². The number of rotatable bonds is 6. The maximum absolute atomic E-state index is 13.5. The molecule has 1 fully saturated rings. The molecule has 4 rings (SSSR count). The topological polar surface area (TPSA) is 40.6 Å². The Hall–Kier alpha value is -2.21. The molecule has 5 heteroatoms. The van der Waals surface area contributed by atoms with E-state index in [0.717, 1.165) is 36.8 Å².